The van der Waals surface area contributed by atoms with Crippen LogP contribution >= 0.6 is 11.3 Å². The fourth-order valence-electron chi connectivity index (χ4n) is 2.06. The fourth-order valence-corrected chi connectivity index (χ4v) is 4.47. The van der Waals surface area contributed by atoms with Gasteiger partial charge in [0.1, 0.15) is 0 Å². The third kappa shape index (κ3) is 3.48. The standard InChI is InChI=1S/C14H12F5NO3S2/c1-2-25(21,22)11-5-6-24-12(11)9-4-3-8(7-10(9)23-20)13(15,16)14(17,18)19/h3-7H,2,20H2,1H3. The molecule has 0 aliphatic heterocycles. The van der Waals surface area contributed by atoms with Gasteiger partial charge < -0.3 is 4.84 Å². The second-order valence-electron chi connectivity index (χ2n) is 4.92. The van der Waals surface area contributed by atoms with Crippen molar-refractivity contribution in [1.82, 2.24) is 0 Å². The van der Waals surface area contributed by atoms with Crippen molar-refractivity contribution in [1.29, 1.82) is 0 Å². The van der Waals surface area contributed by atoms with Crippen LogP contribution in [0.15, 0.2) is 34.5 Å². The van der Waals surface area contributed by atoms with Crippen molar-refractivity contribution < 1.29 is 35.2 Å². The van der Waals surface area contributed by atoms with Crippen LogP contribution in [0.2, 0.25) is 0 Å². The van der Waals surface area contributed by atoms with Crippen molar-refractivity contribution >= 4 is 21.2 Å². The van der Waals surface area contributed by atoms with E-state index >= 15 is 0 Å². The molecule has 0 saturated heterocycles. The molecule has 0 aliphatic carbocycles. The lowest BCUT2D eigenvalue weighted by Gasteiger charge is -2.21. The Morgan fingerprint density at radius 2 is 1.80 bits per heavy atom. The van der Waals surface area contributed by atoms with E-state index < -0.39 is 33.2 Å². The molecule has 1 heterocycles. The third-order valence-electron chi connectivity index (χ3n) is 3.42. The summed E-state index contributed by atoms with van der Waals surface area (Å²) in [6, 6.07) is 3.26. The SMILES string of the molecule is CCS(=O)(=O)c1ccsc1-c1ccc(C(F)(F)C(F)(F)F)cc1ON. The van der Waals surface area contributed by atoms with Crippen LogP contribution in [0.5, 0.6) is 5.75 Å². The molecule has 138 valence electrons. The van der Waals surface area contributed by atoms with Gasteiger partial charge in [-0.25, -0.2) is 8.42 Å². The van der Waals surface area contributed by atoms with E-state index in [0.29, 0.717) is 12.1 Å². The monoisotopic (exact) mass is 401 g/mol. The normalized spacial score (nSPS) is 13.1. The van der Waals surface area contributed by atoms with Gasteiger partial charge in [-0.1, -0.05) is 13.0 Å². The van der Waals surface area contributed by atoms with E-state index in [2.05, 4.69) is 4.84 Å². The van der Waals surface area contributed by atoms with Crippen LogP contribution in [0.1, 0.15) is 12.5 Å². The Morgan fingerprint density at radius 1 is 1.16 bits per heavy atom. The maximum absolute atomic E-state index is 13.5. The molecule has 0 radical (unpaired) electrons. The summed E-state index contributed by atoms with van der Waals surface area (Å²) in [5, 5.41) is 1.45. The largest absolute Gasteiger partial charge is 0.458 e. The molecule has 0 fully saturated rings. The summed E-state index contributed by atoms with van der Waals surface area (Å²) in [5.41, 5.74) is -1.35. The summed E-state index contributed by atoms with van der Waals surface area (Å²) >= 11 is 0.969. The highest BCUT2D eigenvalue weighted by atomic mass is 32.2. The zero-order valence-corrected chi connectivity index (χ0v) is 14.2. The van der Waals surface area contributed by atoms with Crippen LogP contribution < -0.4 is 10.7 Å². The average molecular weight is 401 g/mol. The summed E-state index contributed by atoms with van der Waals surface area (Å²) in [6.07, 6.45) is -5.79. The van der Waals surface area contributed by atoms with Gasteiger partial charge >= 0.3 is 12.1 Å². The first-order valence-corrected chi connectivity index (χ1v) is 9.25. The lowest BCUT2D eigenvalue weighted by atomic mass is 10.0. The smallest absolute Gasteiger partial charge is 0.411 e. The Hall–Kier alpha value is -1.72. The van der Waals surface area contributed by atoms with Crippen LogP contribution in [0.25, 0.3) is 10.4 Å². The summed E-state index contributed by atoms with van der Waals surface area (Å²) in [5.74, 6) is -0.804. The minimum absolute atomic E-state index is 0.00579. The third-order valence-corrected chi connectivity index (χ3v) is 6.26. The molecular weight excluding hydrogens is 389 g/mol. The first-order chi connectivity index (χ1) is 11.5. The molecule has 25 heavy (non-hydrogen) atoms. The molecule has 0 saturated carbocycles. The van der Waals surface area contributed by atoms with Crippen LogP contribution in [-0.4, -0.2) is 20.3 Å². The first-order valence-electron chi connectivity index (χ1n) is 6.72. The van der Waals surface area contributed by atoms with Gasteiger partial charge in [0.25, 0.3) is 0 Å². The van der Waals surface area contributed by atoms with E-state index in [-0.39, 0.29) is 21.1 Å². The minimum Gasteiger partial charge on any atom is -0.411 e. The summed E-state index contributed by atoms with van der Waals surface area (Å²) < 4.78 is 88.6. The van der Waals surface area contributed by atoms with Gasteiger partial charge in [0.2, 0.25) is 0 Å². The number of thiophene rings is 1. The van der Waals surface area contributed by atoms with E-state index in [1.165, 1.54) is 18.4 Å². The van der Waals surface area contributed by atoms with E-state index in [9.17, 15) is 30.4 Å². The highest BCUT2D eigenvalue weighted by Crippen LogP contribution is 2.47. The number of halogens is 5. The van der Waals surface area contributed by atoms with E-state index in [1.54, 1.807) is 0 Å². The zero-order chi connectivity index (χ0) is 19.0. The molecule has 0 unspecified atom stereocenters. The van der Waals surface area contributed by atoms with Crippen molar-refractivity contribution in [3.63, 3.8) is 0 Å². The molecule has 0 spiro atoms. The topological polar surface area (TPSA) is 69.4 Å². The summed E-state index contributed by atoms with van der Waals surface area (Å²) in [4.78, 5) is 4.50. The highest BCUT2D eigenvalue weighted by molar-refractivity contribution is 7.91. The molecule has 1 aromatic carbocycles. The van der Waals surface area contributed by atoms with Gasteiger partial charge in [-0.05, 0) is 23.6 Å². The summed E-state index contributed by atoms with van der Waals surface area (Å²) in [7, 11) is -3.63. The Morgan fingerprint density at radius 3 is 2.32 bits per heavy atom. The number of hydrogen-bond acceptors (Lipinski definition) is 5. The molecule has 0 amide bonds. The highest BCUT2D eigenvalue weighted by Gasteiger charge is 2.58. The van der Waals surface area contributed by atoms with Gasteiger partial charge in [-0.3, -0.25) is 0 Å². The molecule has 2 aromatic rings. The lowest BCUT2D eigenvalue weighted by Crippen LogP contribution is -2.33. The molecule has 0 aliphatic rings. The van der Waals surface area contributed by atoms with Crippen LogP contribution in [0, 0.1) is 0 Å². The number of benzene rings is 1. The lowest BCUT2D eigenvalue weighted by molar-refractivity contribution is -0.289. The van der Waals surface area contributed by atoms with Crippen molar-refractivity contribution in [3.8, 4) is 16.2 Å². The van der Waals surface area contributed by atoms with Gasteiger partial charge in [0.05, 0.1) is 15.5 Å². The van der Waals surface area contributed by atoms with Gasteiger partial charge in [0.15, 0.2) is 15.6 Å². The quantitative estimate of drug-likeness (QED) is 0.605. The van der Waals surface area contributed by atoms with Crippen LogP contribution in [0.4, 0.5) is 22.0 Å². The Bertz CT molecular complexity index is 875. The van der Waals surface area contributed by atoms with E-state index in [1.807, 2.05) is 0 Å². The predicted octanol–water partition coefficient (Wildman–Crippen LogP) is 4.12. The van der Waals surface area contributed by atoms with E-state index in [0.717, 1.165) is 17.4 Å². The molecule has 1 aromatic heterocycles. The van der Waals surface area contributed by atoms with Crippen molar-refractivity contribution in [3.05, 3.63) is 35.2 Å². The number of nitrogens with two attached hydrogens (primary N) is 1. The van der Waals surface area contributed by atoms with E-state index in [4.69, 9.17) is 5.90 Å². The number of rotatable bonds is 5. The molecule has 0 atom stereocenters. The average Bonchev–Trinajstić information content (AvgIpc) is 3.03. The maximum atomic E-state index is 13.5. The molecule has 0 bridgehead atoms. The molecule has 11 heteroatoms. The van der Waals surface area contributed by atoms with Gasteiger partial charge in [-0.2, -0.15) is 27.8 Å². The van der Waals surface area contributed by atoms with Gasteiger partial charge in [-0.15, -0.1) is 11.3 Å². The number of sulfone groups is 1. The molecule has 2 N–H and O–H groups in total. The number of hydrogen-bond donors (Lipinski definition) is 1. The predicted molar refractivity (Wildman–Crippen MR) is 82.2 cm³/mol. The van der Waals surface area contributed by atoms with Crippen LogP contribution in [0.3, 0.4) is 0 Å². The maximum Gasteiger partial charge on any atom is 0.458 e. The minimum atomic E-state index is -5.79. The first kappa shape index (κ1) is 19.6. The van der Waals surface area contributed by atoms with Crippen molar-refractivity contribution in [2.75, 3.05) is 5.75 Å². The Labute approximate surface area is 143 Å². The van der Waals surface area contributed by atoms with Crippen LogP contribution in [-0.2, 0) is 15.8 Å². The number of alkyl halides is 5. The summed E-state index contributed by atoms with van der Waals surface area (Å²) in [6.45, 7) is 1.42. The van der Waals surface area contributed by atoms with Crippen molar-refractivity contribution in [2.24, 2.45) is 5.90 Å². The molecule has 4 nitrogen and oxygen atoms in total. The molecule has 2 rings (SSSR count). The second kappa shape index (κ2) is 6.54. The second-order valence-corrected chi connectivity index (χ2v) is 8.08. The fraction of sp³-hybridized carbons (Fsp3) is 0.286. The zero-order valence-electron chi connectivity index (χ0n) is 12.6. The Kier molecular flexibility index (Phi) is 5.13. The molecular formula is C14H12F5NO3S2. The van der Waals surface area contributed by atoms with Gasteiger partial charge in [0, 0.05) is 11.1 Å². The Balaban J connectivity index is 2.63. The van der Waals surface area contributed by atoms with Crippen molar-refractivity contribution in [2.45, 2.75) is 23.9 Å².